The number of ether oxygens (including phenoxy) is 1. The molecule has 0 bridgehead atoms. The van der Waals surface area contributed by atoms with Crippen molar-refractivity contribution in [2.75, 3.05) is 0 Å². The number of hydrogen-bond donors (Lipinski definition) is 0. The molecule has 2 heteroatoms. The van der Waals surface area contributed by atoms with E-state index >= 15 is 0 Å². The van der Waals surface area contributed by atoms with Gasteiger partial charge in [-0.05, 0) is 11.5 Å². The van der Waals surface area contributed by atoms with E-state index in [1.54, 1.807) is 0 Å². The summed E-state index contributed by atoms with van der Waals surface area (Å²) in [5, 5.41) is 0. The van der Waals surface area contributed by atoms with E-state index in [0.717, 1.165) is 12.0 Å². The van der Waals surface area contributed by atoms with Crippen LogP contribution < -0.4 is 0 Å². The molecule has 0 radical (unpaired) electrons. The molecular formula is C14H18O2. The van der Waals surface area contributed by atoms with Gasteiger partial charge in [0, 0.05) is 6.08 Å². The molecule has 2 nitrogen and oxygen atoms in total. The van der Waals surface area contributed by atoms with Gasteiger partial charge in [0.2, 0.25) is 0 Å². The van der Waals surface area contributed by atoms with Gasteiger partial charge in [0.25, 0.3) is 0 Å². The van der Waals surface area contributed by atoms with Crippen LogP contribution >= 0.6 is 0 Å². The van der Waals surface area contributed by atoms with Crippen molar-refractivity contribution in [2.24, 2.45) is 5.92 Å². The summed E-state index contributed by atoms with van der Waals surface area (Å²) in [6, 6.07) is 9.67. The Bertz CT molecular complexity index is 341. The zero-order chi connectivity index (χ0) is 11.8. The monoisotopic (exact) mass is 218 g/mol. The predicted molar refractivity (Wildman–Crippen MR) is 64.8 cm³/mol. The Hall–Kier alpha value is -1.57. The highest BCUT2D eigenvalue weighted by Crippen LogP contribution is 2.04. The second-order valence-corrected chi connectivity index (χ2v) is 3.84. The molecule has 86 valence electrons. The van der Waals surface area contributed by atoms with Gasteiger partial charge < -0.3 is 4.74 Å². The van der Waals surface area contributed by atoms with Gasteiger partial charge in [0.1, 0.15) is 6.61 Å². The Morgan fingerprint density at radius 1 is 1.38 bits per heavy atom. The molecule has 0 saturated carbocycles. The van der Waals surface area contributed by atoms with Crippen molar-refractivity contribution in [1.29, 1.82) is 0 Å². The lowest BCUT2D eigenvalue weighted by Crippen LogP contribution is -2.01. The molecule has 0 aliphatic carbocycles. The Morgan fingerprint density at radius 3 is 2.69 bits per heavy atom. The zero-order valence-electron chi connectivity index (χ0n) is 9.85. The third kappa shape index (κ3) is 4.78. The van der Waals surface area contributed by atoms with Crippen LogP contribution in [-0.4, -0.2) is 5.97 Å². The van der Waals surface area contributed by atoms with Gasteiger partial charge in [0.15, 0.2) is 0 Å². The van der Waals surface area contributed by atoms with Gasteiger partial charge in [-0.2, -0.15) is 0 Å². The first-order valence-corrected chi connectivity index (χ1v) is 5.61. The van der Waals surface area contributed by atoms with E-state index in [-0.39, 0.29) is 5.97 Å². The molecule has 0 amide bonds. The van der Waals surface area contributed by atoms with E-state index in [1.807, 2.05) is 36.4 Å². The van der Waals surface area contributed by atoms with Crippen molar-refractivity contribution in [3.05, 3.63) is 48.0 Å². The van der Waals surface area contributed by atoms with Crippen LogP contribution in [0.1, 0.15) is 25.8 Å². The first-order valence-electron chi connectivity index (χ1n) is 5.61. The SMILES string of the molecule is CC[C@H](C)/C=C/C(=O)OCc1ccccc1. The summed E-state index contributed by atoms with van der Waals surface area (Å²) in [7, 11) is 0. The second kappa shape index (κ2) is 6.83. The summed E-state index contributed by atoms with van der Waals surface area (Å²) in [6.45, 7) is 4.50. The number of carbonyl (C=O) groups is 1. The number of carbonyl (C=O) groups excluding carboxylic acids is 1. The standard InChI is InChI=1S/C14H18O2/c1-3-12(2)9-10-14(15)16-11-13-7-5-4-6-8-13/h4-10,12H,3,11H2,1-2H3/b10-9+/t12-/m0/s1. The minimum absolute atomic E-state index is 0.274. The number of esters is 1. The Labute approximate surface area is 96.9 Å². The minimum atomic E-state index is -0.274. The van der Waals surface area contributed by atoms with Gasteiger partial charge in [-0.25, -0.2) is 4.79 Å². The van der Waals surface area contributed by atoms with E-state index < -0.39 is 0 Å². The molecule has 1 aromatic rings. The zero-order valence-corrected chi connectivity index (χ0v) is 9.85. The summed E-state index contributed by atoms with van der Waals surface area (Å²) in [5.41, 5.74) is 1.01. The normalized spacial score (nSPS) is 12.6. The molecular weight excluding hydrogens is 200 g/mol. The molecule has 0 fully saturated rings. The third-order valence-corrected chi connectivity index (χ3v) is 2.43. The summed E-state index contributed by atoms with van der Waals surface area (Å²) < 4.78 is 5.10. The van der Waals surface area contributed by atoms with Crippen molar-refractivity contribution < 1.29 is 9.53 Å². The smallest absolute Gasteiger partial charge is 0.330 e. The Morgan fingerprint density at radius 2 is 2.06 bits per heavy atom. The highest BCUT2D eigenvalue weighted by molar-refractivity contribution is 5.81. The van der Waals surface area contributed by atoms with Gasteiger partial charge >= 0.3 is 5.97 Å². The van der Waals surface area contributed by atoms with Gasteiger partial charge in [-0.15, -0.1) is 0 Å². The fourth-order valence-electron chi connectivity index (χ4n) is 1.16. The minimum Gasteiger partial charge on any atom is -0.458 e. The van der Waals surface area contributed by atoms with E-state index in [1.165, 1.54) is 6.08 Å². The van der Waals surface area contributed by atoms with Crippen LogP contribution in [0.2, 0.25) is 0 Å². The maximum Gasteiger partial charge on any atom is 0.330 e. The van der Waals surface area contributed by atoms with Crippen molar-refractivity contribution in [3.63, 3.8) is 0 Å². The maximum absolute atomic E-state index is 11.3. The van der Waals surface area contributed by atoms with E-state index in [0.29, 0.717) is 12.5 Å². The Balaban J connectivity index is 2.33. The molecule has 0 aromatic heterocycles. The average molecular weight is 218 g/mol. The van der Waals surface area contributed by atoms with Crippen LogP contribution in [0, 0.1) is 5.92 Å². The fourth-order valence-corrected chi connectivity index (χ4v) is 1.16. The summed E-state index contributed by atoms with van der Waals surface area (Å²) >= 11 is 0. The molecule has 0 aliphatic rings. The van der Waals surface area contributed by atoms with Crippen molar-refractivity contribution >= 4 is 5.97 Å². The predicted octanol–water partition coefficient (Wildman–Crippen LogP) is 3.33. The van der Waals surface area contributed by atoms with Crippen LogP contribution in [0.5, 0.6) is 0 Å². The van der Waals surface area contributed by atoms with Gasteiger partial charge in [-0.3, -0.25) is 0 Å². The largest absolute Gasteiger partial charge is 0.458 e. The van der Waals surface area contributed by atoms with Crippen LogP contribution in [0.15, 0.2) is 42.5 Å². The van der Waals surface area contributed by atoms with Crippen molar-refractivity contribution in [2.45, 2.75) is 26.9 Å². The number of hydrogen-bond acceptors (Lipinski definition) is 2. The molecule has 1 rings (SSSR count). The summed E-state index contributed by atoms with van der Waals surface area (Å²) in [4.78, 5) is 11.3. The fraction of sp³-hybridized carbons (Fsp3) is 0.357. The third-order valence-electron chi connectivity index (χ3n) is 2.43. The summed E-state index contributed by atoms with van der Waals surface area (Å²) in [5.74, 6) is 0.147. The van der Waals surface area contributed by atoms with Gasteiger partial charge in [-0.1, -0.05) is 56.7 Å². The second-order valence-electron chi connectivity index (χ2n) is 3.84. The lowest BCUT2D eigenvalue weighted by molar-refractivity contribution is -0.139. The molecule has 0 heterocycles. The van der Waals surface area contributed by atoms with Crippen LogP contribution in [0.25, 0.3) is 0 Å². The van der Waals surface area contributed by atoms with E-state index in [2.05, 4.69) is 13.8 Å². The van der Waals surface area contributed by atoms with Crippen molar-refractivity contribution in [1.82, 2.24) is 0 Å². The highest BCUT2D eigenvalue weighted by atomic mass is 16.5. The molecule has 0 unspecified atom stereocenters. The molecule has 1 atom stereocenters. The first kappa shape index (κ1) is 12.5. The van der Waals surface area contributed by atoms with Crippen LogP contribution in [0.4, 0.5) is 0 Å². The lowest BCUT2D eigenvalue weighted by atomic mass is 10.1. The lowest BCUT2D eigenvalue weighted by Gasteiger charge is -2.02. The van der Waals surface area contributed by atoms with Gasteiger partial charge in [0.05, 0.1) is 0 Å². The topological polar surface area (TPSA) is 26.3 Å². The average Bonchev–Trinajstić information content (AvgIpc) is 2.34. The molecule has 0 aliphatic heterocycles. The maximum atomic E-state index is 11.3. The number of rotatable bonds is 5. The molecule has 0 saturated heterocycles. The van der Waals surface area contributed by atoms with Crippen LogP contribution in [0.3, 0.4) is 0 Å². The first-order chi connectivity index (χ1) is 7.72. The molecule has 16 heavy (non-hydrogen) atoms. The number of benzene rings is 1. The Kier molecular flexibility index (Phi) is 5.34. The number of allylic oxidation sites excluding steroid dienone is 1. The molecule has 1 aromatic carbocycles. The van der Waals surface area contributed by atoms with E-state index in [9.17, 15) is 4.79 Å². The highest BCUT2D eigenvalue weighted by Gasteiger charge is 1.99. The van der Waals surface area contributed by atoms with E-state index in [4.69, 9.17) is 4.74 Å². The van der Waals surface area contributed by atoms with Crippen molar-refractivity contribution in [3.8, 4) is 0 Å². The summed E-state index contributed by atoms with van der Waals surface area (Å²) in [6.07, 6.45) is 4.42. The molecule has 0 spiro atoms. The molecule has 0 N–H and O–H groups in total. The van der Waals surface area contributed by atoms with Crippen LogP contribution in [-0.2, 0) is 16.1 Å². The quantitative estimate of drug-likeness (QED) is 0.559.